The van der Waals surface area contributed by atoms with Crippen molar-refractivity contribution < 1.29 is 19.1 Å². The van der Waals surface area contributed by atoms with E-state index in [1.807, 2.05) is 45.1 Å². The van der Waals surface area contributed by atoms with Gasteiger partial charge in [0.2, 0.25) is 0 Å². The number of hydrogen-bond acceptors (Lipinski definition) is 4. The molecule has 3 rings (SSSR count). The molecular weight excluding hydrogens is 342 g/mol. The number of nitrogens with zero attached hydrogens (tertiary/aromatic N) is 1. The molecule has 0 fully saturated rings. The predicted molar refractivity (Wildman–Crippen MR) is 105 cm³/mol. The first kappa shape index (κ1) is 18.7. The van der Waals surface area contributed by atoms with Crippen LogP contribution in [-0.4, -0.2) is 25.0 Å². The Morgan fingerprint density at radius 2 is 1.89 bits per heavy atom. The summed E-state index contributed by atoms with van der Waals surface area (Å²) in [6.07, 6.45) is 3.09. The van der Waals surface area contributed by atoms with Gasteiger partial charge in [0.05, 0.1) is 12.8 Å². The quantitative estimate of drug-likeness (QED) is 0.757. The van der Waals surface area contributed by atoms with Crippen molar-refractivity contribution in [2.75, 3.05) is 12.0 Å². The van der Waals surface area contributed by atoms with Crippen LogP contribution in [0.3, 0.4) is 0 Å². The van der Waals surface area contributed by atoms with Crippen LogP contribution >= 0.6 is 0 Å². The number of rotatable bonds is 4. The van der Waals surface area contributed by atoms with Crippen molar-refractivity contribution in [1.82, 2.24) is 0 Å². The minimum Gasteiger partial charge on any atom is -0.497 e. The van der Waals surface area contributed by atoms with E-state index in [0.29, 0.717) is 22.7 Å². The number of benzene rings is 2. The maximum atomic E-state index is 13.2. The summed E-state index contributed by atoms with van der Waals surface area (Å²) >= 11 is 0. The van der Waals surface area contributed by atoms with Gasteiger partial charge in [0.15, 0.2) is 11.9 Å². The first-order valence-corrected chi connectivity index (χ1v) is 8.92. The van der Waals surface area contributed by atoms with Gasteiger partial charge in [0.1, 0.15) is 5.75 Å². The molecule has 2 aromatic rings. The first-order chi connectivity index (χ1) is 13.0. The number of imide groups is 1. The second kappa shape index (κ2) is 7.66. The highest BCUT2D eigenvalue weighted by atomic mass is 16.5. The molecule has 1 aliphatic rings. The van der Waals surface area contributed by atoms with Gasteiger partial charge in [-0.15, -0.1) is 0 Å². The van der Waals surface area contributed by atoms with Crippen LogP contribution in [0.2, 0.25) is 0 Å². The SMILES string of the molecule is CC=Cc1cccc2c1OC(C(C)C)C(=O)N2C(=O)c1ccc(OC)cc1. The van der Waals surface area contributed by atoms with Crippen molar-refractivity contribution in [3.05, 3.63) is 59.7 Å². The van der Waals surface area contributed by atoms with E-state index in [1.54, 1.807) is 37.4 Å². The number of hydrogen-bond donors (Lipinski definition) is 0. The fourth-order valence-electron chi connectivity index (χ4n) is 3.07. The highest BCUT2D eigenvalue weighted by molar-refractivity contribution is 6.24. The van der Waals surface area contributed by atoms with Gasteiger partial charge in [-0.1, -0.05) is 38.1 Å². The van der Waals surface area contributed by atoms with Crippen molar-refractivity contribution in [2.45, 2.75) is 26.9 Å². The number of fused-ring (bicyclic) bond motifs is 1. The largest absolute Gasteiger partial charge is 0.497 e. The lowest BCUT2D eigenvalue weighted by molar-refractivity contribution is -0.127. The molecule has 1 heterocycles. The molecule has 5 heteroatoms. The maximum Gasteiger partial charge on any atom is 0.275 e. The van der Waals surface area contributed by atoms with Crippen LogP contribution in [0.25, 0.3) is 6.08 Å². The van der Waals surface area contributed by atoms with E-state index < -0.39 is 6.10 Å². The summed E-state index contributed by atoms with van der Waals surface area (Å²) in [5, 5.41) is 0. The first-order valence-electron chi connectivity index (χ1n) is 8.92. The summed E-state index contributed by atoms with van der Waals surface area (Å²) in [6, 6.07) is 12.2. The monoisotopic (exact) mass is 365 g/mol. The number of carbonyl (C=O) groups is 2. The Bertz CT molecular complexity index is 884. The van der Waals surface area contributed by atoms with Crippen molar-refractivity contribution in [3.63, 3.8) is 0 Å². The van der Waals surface area contributed by atoms with Gasteiger partial charge in [0.25, 0.3) is 11.8 Å². The molecule has 1 aliphatic heterocycles. The van der Waals surface area contributed by atoms with Crippen molar-refractivity contribution in [3.8, 4) is 11.5 Å². The van der Waals surface area contributed by atoms with E-state index in [1.165, 1.54) is 4.90 Å². The molecule has 0 saturated heterocycles. The zero-order valence-electron chi connectivity index (χ0n) is 15.9. The van der Waals surface area contributed by atoms with Crippen LogP contribution in [0.15, 0.2) is 48.5 Å². The topological polar surface area (TPSA) is 55.8 Å². The number of methoxy groups -OCH3 is 1. The van der Waals surface area contributed by atoms with E-state index in [9.17, 15) is 9.59 Å². The molecule has 2 aromatic carbocycles. The molecule has 1 atom stereocenters. The van der Waals surface area contributed by atoms with Crippen molar-refractivity contribution >= 4 is 23.6 Å². The number of allylic oxidation sites excluding steroid dienone is 1. The van der Waals surface area contributed by atoms with Gasteiger partial charge in [0, 0.05) is 11.1 Å². The van der Waals surface area contributed by atoms with Gasteiger partial charge < -0.3 is 9.47 Å². The Hall–Kier alpha value is -3.08. The van der Waals surface area contributed by atoms with Crippen molar-refractivity contribution in [2.24, 2.45) is 5.92 Å². The standard InChI is InChI=1S/C22H23NO4/c1-5-7-15-8-6-9-18-20(15)27-19(14(2)3)22(25)23(18)21(24)16-10-12-17(26-4)13-11-16/h5-14,19H,1-4H3. The Balaban J connectivity index is 2.11. The lowest BCUT2D eigenvalue weighted by atomic mass is 10.0. The lowest BCUT2D eigenvalue weighted by Crippen LogP contribution is -2.51. The third-order valence-corrected chi connectivity index (χ3v) is 4.47. The Kier molecular flexibility index (Phi) is 5.31. The third kappa shape index (κ3) is 3.45. The lowest BCUT2D eigenvalue weighted by Gasteiger charge is -2.35. The van der Waals surface area contributed by atoms with Gasteiger partial charge in [-0.05, 0) is 43.2 Å². The molecule has 0 saturated carbocycles. The average Bonchev–Trinajstić information content (AvgIpc) is 2.67. The van der Waals surface area contributed by atoms with Crippen LogP contribution in [0.4, 0.5) is 5.69 Å². The predicted octanol–water partition coefficient (Wildman–Crippen LogP) is 4.32. The number of carbonyl (C=O) groups excluding carboxylic acids is 2. The highest BCUT2D eigenvalue weighted by Gasteiger charge is 2.40. The van der Waals surface area contributed by atoms with E-state index in [-0.39, 0.29) is 17.7 Å². The minimum absolute atomic E-state index is 0.0736. The van der Waals surface area contributed by atoms with Crippen LogP contribution < -0.4 is 14.4 Å². The summed E-state index contributed by atoms with van der Waals surface area (Å²) < 4.78 is 11.2. The molecule has 1 unspecified atom stereocenters. The summed E-state index contributed by atoms with van der Waals surface area (Å²) in [4.78, 5) is 27.5. The summed E-state index contributed by atoms with van der Waals surface area (Å²) in [5.74, 6) is 0.397. The van der Waals surface area contributed by atoms with Crippen LogP contribution in [-0.2, 0) is 4.79 Å². The van der Waals surface area contributed by atoms with E-state index in [4.69, 9.17) is 9.47 Å². The minimum atomic E-state index is -0.717. The normalized spacial score (nSPS) is 16.4. The van der Waals surface area contributed by atoms with Gasteiger partial charge in [-0.25, -0.2) is 4.90 Å². The molecule has 27 heavy (non-hydrogen) atoms. The molecular formula is C22H23NO4. The van der Waals surface area contributed by atoms with Crippen LogP contribution in [0, 0.1) is 5.92 Å². The molecule has 0 bridgehead atoms. The molecule has 0 aliphatic carbocycles. The fraction of sp³-hybridized carbons (Fsp3) is 0.273. The molecule has 0 radical (unpaired) electrons. The zero-order valence-corrected chi connectivity index (χ0v) is 15.9. The Morgan fingerprint density at radius 1 is 1.19 bits per heavy atom. The van der Waals surface area contributed by atoms with E-state index in [2.05, 4.69) is 0 Å². The number of anilines is 1. The van der Waals surface area contributed by atoms with Gasteiger partial charge >= 0.3 is 0 Å². The number of ether oxygens (including phenoxy) is 2. The van der Waals surface area contributed by atoms with E-state index >= 15 is 0 Å². The molecule has 2 amide bonds. The molecule has 140 valence electrons. The van der Waals surface area contributed by atoms with Crippen LogP contribution in [0.1, 0.15) is 36.7 Å². The maximum absolute atomic E-state index is 13.2. The van der Waals surface area contributed by atoms with Gasteiger partial charge in [-0.3, -0.25) is 9.59 Å². The summed E-state index contributed by atoms with van der Waals surface area (Å²) in [7, 11) is 1.56. The fourth-order valence-corrected chi connectivity index (χ4v) is 3.07. The zero-order chi connectivity index (χ0) is 19.6. The summed E-state index contributed by atoms with van der Waals surface area (Å²) in [6.45, 7) is 5.72. The smallest absolute Gasteiger partial charge is 0.275 e. The third-order valence-electron chi connectivity index (χ3n) is 4.47. The molecule has 0 N–H and O–H groups in total. The second-order valence-corrected chi connectivity index (χ2v) is 6.69. The highest BCUT2D eigenvalue weighted by Crippen LogP contribution is 2.40. The van der Waals surface area contributed by atoms with Crippen molar-refractivity contribution in [1.29, 1.82) is 0 Å². The number of amides is 2. The molecule has 0 spiro atoms. The Labute approximate surface area is 159 Å². The average molecular weight is 365 g/mol. The number of para-hydroxylation sites is 1. The van der Waals surface area contributed by atoms with Crippen LogP contribution in [0.5, 0.6) is 11.5 Å². The van der Waals surface area contributed by atoms with Gasteiger partial charge in [-0.2, -0.15) is 0 Å². The molecule has 0 aromatic heterocycles. The van der Waals surface area contributed by atoms with E-state index in [0.717, 1.165) is 5.56 Å². The summed E-state index contributed by atoms with van der Waals surface area (Å²) in [5.41, 5.74) is 1.71. The second-order valence-electron chi connectivity index (χ2n) is 6.69. The Morgan fingerprint density at radius 3 is 2.48 bits per heavy atom. The molecule has 5 nitrogen and oxygen atoms in total.